The van der Waals surface area contributed by atoms with Gasteiger partial charge in [-0.15, -0.1) is 0 Å². The minimum absolute atomic E-state index is 0.0729. The quantitative estimate of drug-likeness (QED) is 0.701. The molecule has 1 fully saturated rings. The zero-order valence-electron chi connectivity index (χ0n) is 15.8. The Morgan fingerprint density at radius 3 is 2.66 bits per heavy atom. The molecular formula is C19H21F2N5O2S. The molecule has 0 bridgehead atoms. The molecule has 2 aromatic rings. The summed E-state index contributed by atoms with van der Waals surface area (Å²) in [4.78, 5) is 33.2. The van der Waals surface area contributed by atoms with Crippen LogP contribution in [0.5, 0.6) is 0 Å². The Labute approximate surface area is 170 Å². The van der Waals surface area contributed by atoms with E-state index in [9.17, 15) is 18.4 Å². The number of hydrogen-bond acceptors (Lipinski definition) is 6. The van der Waals surface area contributed by atoms with Crippen LogP contribution in [0.25, 0.3) is 0 Å². The van der Waals surface area contributed by atoms with Crippen molar-refractivity contribution in [2.24, 2.45) is 11.1 Å². The van der Waals surface area contributed by atoms with Gasteiger partial charge in [0.2, 0.25) is 0 Å². The molecule has 1 amide bonds. The normalized spacial score (nSPS) is 19.7. The number of hydrogen-bond donors (Lipinski definition) is 3. The lowest BCUT2D eigenvalue weighted by Crippen LogP contribution is -2.44. The molecule has 7 nitrogen and oxygen atoms in total. The molecule has 1 saturated heterocycles. The molecule has 2 aliphatic heterocycles. The Morgan fingerprint density at radius 2 is 2.00 bits per heavy atom. The van der Waals surface area contributed by atoms with Crippen molar-refractivity contribution in [2.75, 3.05) is 29.9 Å². The first-order valence-electron chi connectivity index (χ1n) is 9.28. The molecular weight excluding hydrogens is 400 g/mol. The minimum Gasteiger partial charge on any atom is -0.352 e. The molecule has 1 aromatic carbocycles. The van der Waals surface area contributed by atoms with Crippen LogP contribution in [-0.4, -0.2) is 35.5 Å². The molecule has 0 aliphatic carbocycles. The molecule has 4 N–H and O–H groups in total. The third-order valence-electron chi connectivity index (χ3n) is 5.60. The summed E-state index contributed by atoms with van der Waals surface area (Å²) in [6.45, 7) is 4.10. The van der Waals surface area contributed by atoms with Gasteiger partial charge in [-0.1, -0.05) is 24.8 Å². The van der Waals surface area contributed by atoms with Gasteiger partial charge in [-0.25, -0.2) is 4.98 Å². The number of nitrogens with zero attached hydrogens (tertiary/aromatic N) is 2. The summed E-state index contributed by atoms with van der Waals surface area (Å²) < 4.78 is 28.5. The molecule has 0 radical (unpaired) electrons. The second-order valence-corrected chi connectivity index (χ2v) is 8.80. The van der Waals surface area contributed by atoms with Gasteiger partial charge in [-0.2, -0.15) is 8.78 Å². The van der Waals surface area contributed by atoms with Crippen molar-refractivity contribution in [3.05, 3.63) is 40.3 Å². The zero-order valence-corrected chi connectivity index (χ0v) is 16.6. The fourth-order valence-electron chi connectivity index (χ4n) is 3.60. The Bertz CT molecular complexity index is 1020. The highest BCUT2D eigenvalue weighted by Gasteiger charge is 2.50. The van der Waals surface area contributed by atoms with E-state index in [0.717, 1.165) is 24.6 Å². The number of fused-ring (bicyclic) bond motifs is 1. The molecule has 0 spiro atoms. The monoisotopic (exact) mass is 421 g/mol. The van der Waals surface area contributed by atoms with Crippen LogP contribution >= 0.6 is 11.8 Å². The highest BCUT2D eigenvalue weighted by atomic mass is 32.2. The van der Waals surface area contributed by atoms with E-state index < -0.39 is 11.8 Å². The summed E-state index contributed by atoms with van der Waals surface area (Å²) in [5, 5.41) is 2.51. The molecule has 154 valence electrons. The van der Waals surface area contributed by atoms with Crippen molar-refractivity contribution in [1.82, 2.24) is 9.97 Å². The number of piperidine rings is 1. The first-order chi connectivity index (χ1) is 13.7. The lowest BCUT2D eigenvalue weighted by atomic mass is 9.80. The summed E-state index contributed by atoms with van der Waals surface area (Å²) in [5.74, 6) is -4.65. The number of aromatic nitrogens is 2. The average Bonchev–Trinajstić information content (AvgIpc) is 2.92. The lowest BCUT2D eigenvalue weighted by Gasteiger charge is -2.38. The molecule has 0 saturated carbocycles. The van der Waals surface area contributed by atoms with Gasteiger partial charge in [0.05, 0.1) is 22.5 Å². The number of benzene rings is 1. The van der Waals surface area contributed by atoms with E-state index in [1.165, 1.54) is 18.3 Å². The standard InChI is InChI=1S/C19H21F2N5O2S/c1-18(10-22)5-7-26(8-6-18)15-16(27)25-13(9-23-15)29-12-4-2-3-11-14(12)19(20,21)17(28)24-11/h2-4,9H,5-8,10,22H2,1H3,(H,24,28)(H,25,27). The Morgan fingerprint density at radius 1 is 1.28 bits per heavy atom. The van der Waals surface area contributed by atoms with E-state index in [-0.39, 0.29) is 27.1 Å². The average molecular weight is 421 g/mol. The van der Waals surface area contributed by atoms with Crippen LogP contribution in [0, 0.1) is 5.41 Å². The third kappa shape index (κ3) is 3.51. The summed E-state index contributed by atoms with van der Waals surface area (Å²) >= 11 is 0.945. The van der Waals surface area contributed by atoms with Gasteiger partial charge in [0.25, 0.3) is 11.5 Å². The summed E-state index contributed by atoms with van der Waals surface area (Å²) in [6, 6.07) is 4.49. The SMILES string of the molecule is CC1(CN)CCN(c2ncc(Sc3cccc4c3C(F)(F)C(=O)N4)[nH]c2=O)CC1. The number of nitrogens with two attached hydrogens (primary N) is 1. The molecule has 10 heteroatoms. The van der Waals surface area contributed by atoms with Crippen LogP contribution < -0.4 is 21.5 Å². The van der Waals surface area contributed by atoms with E-state index in [4.69, 9.17) is 5.73 Å². The van der Waals surface area contributed by atoms with E-state index in [1.807, 2.05) is 4.90 Å². The largest absolute Gasteiger partial charge is 0.353 e. The summed E-state index contributed by atoms with van der Waals surface area (Å²) in [7, 11) is 0. The van der Waals surface area contributed by atoms with Crippen molar-refractivity contribution in [1.29, 1.82) is 0 Å². The number of carbonyl (C=O) groups is 1. The van der Waals surface area contributed by atoms with Crippen molar-refractivity contribution >= 4 is 29.2 Å². The Balaban J connectivity index is 1.56. The predicted molar refractivity (Wildman–Crippen MR) is 107 cm³/mol. The molecule has 3 heterocycles. The number of halogens is 2. The fourth-order valence-corrected chi connectivity index (χ4v) is 4.57. The molecule has 29 heavy (non-hydrogen) atoms. The molecule has 2 aliphatic rings. The molecule has 1 aromatic heterocycles. The predicted octanol–water partition coefficient (Wildman–Crippen LogP) is 2.53. The van der Waals surface area contributed by atoms with Gasteiger partial charge in [-0.05, 0) is 36.9 Å². The van der Waals surface area contributed by atoms with Crippen LogP contribution in [0.15, 0.2) is 39.1 Å². The maximum atomic E-state index is 14.2. The number of anilines is 2. The van der Waals surface area contributed by atoms with E-state index in [1.54, 1.807) is 6.07 Å². The number of nitrogens with one attached hydrogen (secondary N) is 2. The number of rotatable bonds is 4. The van der Waals surface area contributed by atoms with Crippen molar-refractivity contribution in [2.45, 2.75) is 35.6 Å². The van der Waals surface area contributed by atoms with E-state index in [0.29, 0.717) is 30.5 Å². The Hall–Kier alpha value is -2.46. The maximum absolute atomic E-state index is 14.2. The van der Waals surface area contributed by atoms with Gasteiger partial charge in [0, 0.05) is 18.0 Å². The van der Waals surface area contributed by atoms with Crippen LogP contribution in [0.3, 0.4) is 0 Å². The highest BCUT2D eigenvalue weighted by molar-refractivity contribution is 7.99. The smallest absolute Gasteiger partial charge is 0.352 e. The van der Waals surface area contributed by atoms with Gasteiger partial charge < -0.3 is 20.9 Å². The van der Waals surface area contributed by atoms with Gasteiger partial charge in [-0.3, -0.25) is 9.59 Å². The molecule has 0 unspecified atom stereocenters. The topological polar surface area (TPSA) is 104 Å². The number of H-pyrrole nitrogens is 1. The van der Waals surface area contributed by atoms with Crippen molar-refractivity contribution < 1.29 is 13.6 Å². The van der Waals surface area contributed by atoms with Gasteiger partial charge >= 0.3 is 5.92 Å². The third-order valence-corrected chi connectivity index (χ3v) is 6.59. The first kappa shape index (κ1) is 19.8. The molecule has 0 atom stereocenters. The van der Waals surface area contributed by atoms with Crippen LogP contribution in [0.2, 0.25) is 0 Å². The lowest BCUT2D eigenvalue weighted by molar-refractivity contribution is -0.139. The Kier molecular flexibility index (Phi) is 4.86. The summed E-state index contributed by atoms with van der Waals surface area (Å²) in [5.41, 5.74) is 5.22. The van der Waals surface area contributed by atoms with Crippen molar-refractivity contribution in [3.63, 3.8) is 0 Å². The zero-order chi connectivity index (χ0) is 20.8. The van der Waals surface area contributed by atoms with Gasteiger partial charge in [0.15, 0.2) is 5.82 Å². The second kappa shape index (κ2) is 7.10. The molecule has 4 rings (SSSR count). The number of carbonyl (C=O) groups excluding carboxylic acids is 1. The second-order valence-electron chi connectivity index (χ2n) is 7.71. The number of aromatic amines is 1. The van der Waals surface area contributed by atoms with Crippen LogP contribution in [0.4, 0.5) is 20.3 Å². The van der Waals surface area contributed by atoms with Crippen LogP contribution in [-0.2, 0) is 10.7 Å². The van der Waals surface area contributed by atoms with E-state index >= 15 is 0 Å². The van der Waals surface area contributed by atoms with Gasteiger partial charge in [0.1, 0.15) is 0 Å². The van der Waals surface area contributed by atoms with Crippen LogP contribution in [0.1, 0.15) is 25.3 Å². The fraction of sp³-hybridized carbons (Fsp3) is 0.421. The summed E-state index contributed by atoms with van der Waals surface area (Å²) in [6.07, 6.45) is 3.20. The minimum atomic E-state index is -3.62. The number of amides is 1. The van der Waals surface area contributed by atoms with Crippen molar-refractivity contribution in [3.8, 4) is 0 Å². The highest BCUT2D eigenvalue weighted by Crippen LogP contribution is 2.46. The first-order valence-corrected chi connectivity index (χ1v) is 10.1. The maximum Gasteiger partial charge on any atom is 0.353 e. The number of alkyl halides is 2. The van der Waals surface area contributed by atoms with E-state index in [2.05, 4.69) is 22.2 Å².